The van der Waals surface area contributed by atoms with Crippen LogP contribution in [0.5, 0.6) is 0 Å². The van der Waals surface area contributed by atoms with Gasteiger partial charge in [-0.3, -0.25) is 19.4 Å². The number of aliphatic carboxylic acids is 1. The number of likely N-dealkylation sites (tertiary alicyclic amines) is 1. The van der Waals surface area contributed by atoms with Crippen LogP contribution in [0, 0.1) is 0 Å². The molecular weight excluding hydrogens is 420 g/mol. The first kappa shape index (κ1) is 27.1. The highest BCUT2D eigenvalue weighted by Gasteiger charge is 2.38. The predicted molar refractivity (Wildman–Crippen MR) is 118 cm³/mol. The van der Waals surface area contributed by atoms with Crippen LogP contribution in [0.15, 0.2) is 4.99 Å². The molecule has 0 radical (unpaired) electrons. The van der Waals surface area contributed by atoms with Crippen LogP contribution in [0.1, 0.15) is 44.9 Å². The lowest BCUT2D eigenvalue weighted by atomic mass is 10.0. The Morgan fingerprint density at radius 3 is 2.31 bits per heavy atom. The Morgan fingerprint density at radius 1 is 1.03 bits per heavy atom. The van der Waals surface area contributed by atoms with Gasteiger partial charge in [-0.15, -0.1) is 0 Å². The minimum atomic E-state index is -1.07. The summed E-state index contributed by atoms with van der Waals surface area (Å²) in [4.78, 5) is 54.4. The molecule has 1 aliphatic heterocycles. The van der Waals surface area contributed by atoms with E-state index in [4.69, 9.17) is 22.9 Å². The van der Waals surface area contributed by atoms with E-state index in [1.807, 2.05) is 0 Å². The predicted octanol–water partition coefficient (Wildman–Crippen LogP) is -2.83. The third-order valence-corrected chi connectivity index (χ3v) is 5.16. The Balaban J connectivity index is 2.92. The van der Waals surface area contributed by atoms with Crippen molar-refractivity contribution in [2.24, 2.45) is 27.9 Å². The molecule has 3 amide bonds. The van der Waals surface area contributed by atoms with Crippen molar-refractivity contribution < 1.29 is 24.3 Å². The van der Waals surface area contributed by atoms with E-state index in [-0.39, 0.29) is 25.5 Å². The summed E-state index contributed by atoms with van der Waals surface area (Å²) in [5, 5.41) is 14.6. The Labute approximate surface area is 187 Å². The van der Waals surface area contributed by atoms with E-state index >= 15 is 0 Å². The van der Waals surface area contributed by atoms with E-state index in [0.29, 0.717) is 51.6 Å². The number of nitrogens with zero attached hydrogens (tertiary/aromatic N) is 2. The summed E-state index contributed by atoms with van der Waals surface area (Å²) in [5.74, 6) is -2.70. The molecule has 1 saturated heterocycles. The number of carboxylic acids is 1. The number of carbonyl (C=O) groups is 4. The van der Waals surface area contributed by atoms with E-state index in [2.05, 4.69) is 15.6 Å². The molecule has 0 unspecified atom stereocenters. The summed E-state index contributed by atoms with van der Waals surface area (Å²) in [7, 11) is 0. The lowest BCUT2D eigenvalue weighted by molar-refractivity contribution is -0.149. The van der Waals surface area contributed by atoms with E-state index < -0.39 is 41.8 Å². The molecule has 11 N–H and O–H groups in total. The lowest BCUT2D eigenvalue weighted by Crippen LogP contribution is -2.56. The molecule has 1 fully saturated rings. The second kappa shape index (κ2) is 14.2. The Bertz CT molecular complexity index is 683. The molecule has 0 aromatic heterocycles. The van der Waals surface area contributed by atoms with Crippen molar-refractivity contribution in [3.05, 3.63) is 0 Å². The summed E-state index contributed by atoms with van der Waals surface area (Å²) < 4.78 is 0. The highest BCUT2D eigenvalue weighted by molar-refractivity contribution is 5.93. The van der Waals surface area contributed by atoms with Crippen molar-refractivity contribution >= 4 is 29.7 Å². The fourth-order valence-corrected chi connectivity index (χ4v) is 3.54. The molecule has 0 aliphatic carbocycles. The first-order valence-electron chi connectivity index (χ1n) is 10.8. The summed E-state index contributed by atoms with van der Waals surface area (Å²) in [5.41, 5.74) is 21.5. The van der Waals surface area contributed by atoms with Gasteiger partial charge in [0.1, 0.15) is 18.1 Å². The summed E-state index contributed by atoms with van der Waals surface area (Å²) in [6.07, 6.45) is 3.09. The van der Waals surface area contributed by atoms with E-state index in [9.17, 15) is 24.3 Å². The molecule has 0 aromatic carbocycles. The number of carboxylic acid groups (broad SMARTS) is 1. The number of hydrogen-bond donors (Lipinski definition) is 7. The number of nitrogens with one attached hydrogen (secondary N) is 2. The average Bonchev–Trinajstić information content (AvgIpc) is 3.24. The number of nitrogens with two attached hydrogens (primary N) is 4. The minimum Gasteiger partial charge on any atom is -0.480 e. The normalized spacial score (nSPS) is 17.3. The van der Waals surface area contributed by atoms with Gasteiger partial charge in [0.15, 0.2) is 5.96 Å². The lowest BCUT2D eigenvalue weighted by Gasteiger charge is -2.28. The maximum absolute atomic E-state index is 13.1. The van der Waals surface area contributed by atoms with Gasteiger partial charge in [0, 0.05) is 13.1 Å². The molecule has 0 saturated carbocycles. The van der Waals surface area contributed by atoms with Crippen molar-refractivity contribution in [3.63, 3.8) is 0 Å². The highest BCUT2D eigenvalue weighted by atomic mass is 16.4. The van der Waals surface area contributed by atoms with Crippen molar-refractivity contribution in [2.45, 2.75) is 63.1 Å². The van der Waals surface area contributed by atoms with Gasteiger partial charge in [0.2, 0.25) is 17.7 Å². The van der Waals surface area contributed by atoms with Gasteiger partial charge in [0.05, 0.1) is 6.54 Å². The van der Waals surface area contributed by atoms with Gasteiger partial charge < -0.3 is 43.6 Å². The van der Waals surface area contributed by atoms with Crippen molar-refractivity contribution in [3.8, 4) is 0 Å². The maximum atomic E-state index is 13.1. The number of unbranched alkanes of at least 4 members (excludes halogenated alkanes) is 1. The Morgan fingerprint density at radius 2 is 1.72 bits per heavy atom. The van der Waals surface area contributed by atoms with Crippen LogP contribution in [0.2, 0.25) is 0 Å². The van der Waals surface area contributed by atoms with Crippen molar-refractivity contribution in [1.29, 1.82) is 0 Å². The standard InChI is InChI=1S/C19H36N8O5/c20-8-2-1-5-13(17(30)27-10-4-7-14(27)18(31)32)26-16(29)12(25-15(28)11-21)6-3-9-24-19(22)23/h12-14H,1-11,20-21H2,(H,25,28)(H,26,29)(H,31,32)(H4,22,23,24)/t12-,13-,14-/m0/s1. The summed E-state index contributed by atoms with van der Waals surface area (Å²) in [6.45, 7) is 0.698. The van der Waals surface area contributed by atoms with Gasteiger partial charge in [-0.2, -0.15) is 0 Å². The monoisotopic (exact) mass is 456 g/mol. The van der Waals surface area contributed by atoms with Gasteiger partial charge in [-0.05, 0) is 51.5 Å². The van der Waals surface area contributed by atoms with Gasteiger partial charge in [-0.1, -0.05) is 0 Å². The maximum Gasteiger partial charge on any atom is 0.326 e. The smallest absolute Gasteiger partial charge is 0.326 e. The Hall–Kier alpha value is -2.93. The SMILES string of the molecule is NCCCC[C@H](NC(=O)[C@H](CCCN=C(N)N)NC(=O)CN)C(=O)N1CCC[C@H]1C(=O)O. The third-order valence-electron chi connectivity index (χ3n) is 5.16. The van der Waals surface area contributed by atoms with Crippen molar-refractivity contribution in [2.75, 3.05) is 26.2 Å². The molecule has 0 aromatic rings. The number of carbonyl (C=O) groups excluding carboxylic acids is 3. The molecule has 13 nitrogen and oxygen atoms in total. The number of guanidine groups is 1. The van der Waals surface area contributed by atoms with Crippen LogP contribution in [-0.4, -0.2) is 84.0 Å². The van der Waals surface area contributed by atoms with Gasteiger partial charge in [-0.25, -0.2) is 4.79 Å². The van der Waals surface area contributed by atoms with Crippen LogP contribution in [-0.2, 0) is 19.2 Å². The third kappa shape index (κ3) is 9.06. The molecule has 32 heavy (non-hydrogen) atoms. The van der Waals surface area contributed by atoms with E-state index in [1.54, 1.807) is 0 Å². The molecule has 13 heteroatoms. The van der Waals surface area contributed by atoms with Crippen LogP contribution in [0.3, 0.4) is 0 Å². The minimum absolute atomic E-state index is 0.0823. The van der Waals surface area contributed by atoms with Crippen LogP contribution in [0.25, 0.3) is 0 Å². The van der Waals surface area contributed by atoms with Gasteiger partial charge in [0.25, 0.3) is 0 Å². The van der Waals surface area contributed by atoms with Crippen LogP contribution in [0.4, 0.5) is 0 Å². The van der Waals surface area contributed by atoms with Crippen LogP contribution >= 0.6 is 0 Å². The first-order valence-corrected chi connectivity index (χ1v) is 10.8. The number of hydrogen-bond acceptors (Lipinski definition) is 7. The van der Waals surface area contributed by atoms with Crippen LogP contribution < -0.4 is 33.6 Å². The first-order chi connectivity index (χ1) is 15.2. The van der Waals surface area contributed by atoms with E-state index in [0.717, 1.165) is 0 Å². The second-order valence-electron chi connectivity index (χ2n) is 7.65. The zero-order chi connectivity index (χ0) is 24.1. The summed E-state index contributed by atoms with van der Waals surface area (Å²) >= 11 is 0. The fourth-order valence-electron chi connectivity index (χ4n) is 3.54. The molecule has 1 aliphatic rings. The highest BCUT2D eigenvalue weighted by Crippen LogP contribution is 2.20. The molecular formula is C19H36N8O5. The quantitative estimate of drug-likeness (QED) is 0.0809. The number of rotatable bonds is 14. The molecule has 0 bridgehead atoms. The van der Waals surface area contributed by atoms with E-state index in [1.165, 1.54) is 4.90 Å². The van der Waals surface area contributed by atoms with Crippen molar-refractivity contribution in [1.82, 2.24) is 15.5 Å². The second-order valence-corrected chi connectivity index (χ2v) is 7.65. The molecule has 1 heterocycles. The Kier molecular flexibility index (Phi) is 12.0. The van der Waals surface area contributed by atoms with Gasteiger partial charge >= 0.3 is 5.97 Å². The topological polar surface area (TPSA) is 232 Å². The largest absolute Gasteiger partial charge is 0.480 e. The average molecular weight is 457 g/mol. The molecule has 1 rings (SSSR count). The summed E-state index contributed by atoms with van der Waals surface area (Å²) in [6, 6.07) is -2.79. The number of amides is 3. The molecule has 3 atom stereocenters. The molecule has 0 spiro atoms. The zero-order valence-electron chi connectivity index (χ0n) is 18.3. The zero-order valence-corrected chi connectivity index (χ0v) is 18.3. The number of aliphatic imine (C=N–C) groups is 1. The molecule has 182 valence electrons. The fraction of sp³-hybridized carbons (Fsp3) is 0.737.